The van der Waals surface area contributed by atoms with Gasteiger partial charge in [0.1, 0.15) is 5.75 Å². The van der Waals surface area contributed by atoms with E-state index in [-0.39, 0.29) is 12.8 Å². The second kappa shape index (κ2) is 8.22. The lowest BCUT2D eigenvalue weighted by Crippen LogP contribution is -2.38. The fourth-order valence-electron chi connectivity index (χ4n) is 2.39. The smallest absolute Gasteiger partial charge is 0.317 e. The molecule has 122 valence electrons. The topological polar surface area (TPSA) is 50.4 Å². The maximum absolute atomic E-state index is 11.7. The molecule has 0 atom stereocenters. The molecule has 2 aromatic carbocycles. The van der Waals surface area contributed by atoms with E-state index in [1.807, 2.05) is 32.0 Å². The highest BCUT2D eigenvalue weighted by atomic mass is 16.5. The van der Waals surface area contributed by atoms with Crippen LogP contribution < -0.4 is 15.4 Å². The predicted octanol–water partition coefficient (Wildman–Crippen LogP) is 3.49. The first-order valence-electron chi connectivity index (χ1n) is 7.82. The van der Waals surface area contributed by atoms with Crippen LogP contribution in [-0.4, -0.2) is 19.3 Å². The molecule has 2 amide bonds. The average molecular weight is 312 g/mol. The van der Waals surface area contributed by atoms with Gasteiger partial charge in [0.15, 0.2) is 6.73 Å². The molecular formula is C19H24N2O2. The van der Waals surface area contributed by atoms with Gasteiger partial charge in [-0.1, -0.05) is 47.5 Å². The van der Waals surface area contributed by atoms with Crippen molar-refractivity contribution in [1.29, 1.82) is 0 Å². The second-order valence-electron chi connectivity index (χ2n) is 5.73. The van der Waals surface area contributed by atoms with Crippen LogP contribution in [0.25, 0.3) is 0 Å². The number of ether oxygens (including phenoxy) is 1. The van der Waals surface area contributed by atoms with Crippen molar-refractivity contribution in [2.24, 2.45) is 0 Å². The molecule has 0 fully saturated rings. The summed E-state index contributed by atoms with van der Waals surface area (Å²) in [5, 5.41) is 5.53. The fraction of sp³-hybridized carbons (Fsp3) is 0.316. The highest BCUT2D eigenvalue weighted by Crippen LogP contribution is 2.18. The van der Waals surface area contributed by atoms with Crippen molar-refractivity contribution >= 4 is 6.03 Å². The molecular weight excluding hydrogens is 288 g/mol. The number of amides is 2. The van der Waals surface area contributed by atoms with Crippen molar-refractivity contribution in [2.75, 3.05) is 13.3 Å². The van der Waals surface area contributed by atoms with Crippen LogP contribution in [0.15, 0.2) is 42.5 Å². The molecule has 2 rings (SSSR count). The number of nitrogens with one attached hydrogen (secondary N) is 2. The largest absolute Gasteiger partial charge is 0.473 e. The van der Waals surface area contributed by atoms with Crippen LogP contribution in [0.3, 0.4) is 0 Å². The highest BCUT2D eigenvalue weighted by Gasteiger charge is 2.02. The summed E-state index contributed by atoms with van der Waals surface area (Å²) < 4.78 is 5.57. The maximum Gasteiger partial charge on any atom is 0.317 e. The molecule has 0 heterocycles. The minimum Gasteiger partial charge on any atom is -0.473 e. The molecule has 0 saturated heterocycles. The maximum atomic E-state index is 11.7. The molecule has 0 saturated carbocycles. The summed E-state index contributed by atoms with van der Waals surface area (Å²) in [5.74, 6) is 0.788. The third kappa shape index (κ3) is 5.66. The summed E-state index contributed by atoms with van der Waals surface area (Å²) in [6.07, 6.45) is 0.813. The van der Waals surface area contributed by atoms with E-state index < -0.39 is 0 Å². The van der Waals surface area contributed by atoms with Crippen LogP contribution in [0.2, 0.25) is 0 Å². The van der Waals surface area contributed by atoms with Crippen LogP contribution in [0.1, 0.15) is 22.3 Å². The number of hydrogen-bond acceptors (Lipinski definition) is 2. The van der Waals surface area contributed by atoms with Crippen LogP contribution in [0.5, 0.6) is 5.75 Å². The average Bonchev–Trinajstić information content (AvgIpc) is 2.49. The molecule has 2 aromatic rings. The van der Waals surface area contributed by atoms with E-state index in [1.54, 1.807) is 0 Å². The van der Waals surface area contributed by atoms with Crippen LogP contribution in [0, 0.1) is 20.8 Å². The Labute approximate surface area is 137 Å². The van der Waals surface area contributed by atoms with Crippen molar-refractivity contribution in [3.8, 4) is 5.75 Å². The van der Waals surface area contributed by atoms with E-state index in [0.717, 1.165) is 17.7 Å². The molecule has 0 aromatic heterocycles. The molecule has 0 aliphatic carbocycles. The molecule has 0 spiro atoms. The Morgan fingerprint density at radius 1 is 1.00 bits per heavy atom. The summed E-state index contributed by atoms with van der Waals surface area (Å²) in [4.78, 5) is 11.7. The van der Waals surface area contributed by atoms with Gasteiger partial charge in [-0.15, -0.1) is 0 Å². The van der Waals surface area contributed by atoms with Gasteiger partial charge < -0.3 is 15.4 Å². The van der Waals surface area contributed by atoms with Crippen molar-refractivity contribution in [2.45, 2.75) is 27.2 Å². The first-order valence-corrected chi connectivity index (χ1v) is 7.82. The molecule has 4 nitrogen and oxygen atoms in total. The van der Waals surface area contributed by atoms with Gasteiger partial charge in [0.25, 0.3) is 0 Å². The standard InChI is InChI=1S/C19H24N2O2/c1-14-5-4-6-17(12-14)9-10-20-19(22)21-13-23-18-8-7-15(2)11-16(18)3/h4-8,11-12H,9-10,13H2,1-3H3,(H2,20,21,22). The third-order valence-corrected chi connectivity index (χ3v) is 3.57. The highest BCUT2D eigenvalue weighted by molar-refractivity contribution is 5.73. The van der Waals surface area contributed by atoms with E-state index in [9.17, 15) is 4.79 Å². The van der Waals surface area contributed by atoms with Crippen LogP contribution >= 0.6 is 0 Å². The summed E-state index contributed by atoms with van der Waals surface area (Å²) in [7, 11) is 0. The van der Waals surface area contributed by atoms with Crippen molar-refractivity contribution in [3.05, 3.63) is 64.7 Å². The van der Waals surface area contributed by atoms with E-state index in [4.69, 9.17) is 4.74 Å². The Balaban J connectivity index is 1.67. The lowest BCUT2D eigenvalue weighted by atomic mass is 10.1. The summed E-state index contributed by atoms with van der Waals surface area (Å²) >= 11 is 0. The van der Waals surface area contributed by atoms with Gasteiger partial charge in [0, 0.05) is 6.54 Å². The lowest BCUT2D eigenvalue weighted by Gasteiger charge is -2.11. The monoisotopic (exact) mass is 312 g/mol. The SMILES string of the molecule is Cc1cccc(CCNC(=O)NCOc2ccc(C)cc2C)c1. The lowest BCUT2D eigenvalue weighted by molar-refractivity contribution is 0.224. The Hall–Kier alpha value is -2.49. The Morgan fingerprint density at radius 3 is 2.52 bits per heavy atom. The molecule has 0 aliphatic rings. The molecule has 23 heavy (non-hydrogen) atoms. The summed E-state index contributed by atoms with van der Waals surface area (Å²) in [6, 6.07) is 14.0. The van der Waals surface area contributed by atoms with Crippen molar-refractivity contribution in [1.82, 2.24) is 10.6 Å². The zero-order chi connectivity index (χ0) is 16.7. The van der Waals surface area contributed by atoms with Gasteiger partial charge in [-0.05, 0) is 44.4 Å². The molecule has 0 aliphatic heterocycles. The molecule has 2 N–H and O–H groups in total. The van der Waals surface area contributed by atoms with E-state index in [2.05, 4.69) is 41.8 Å². The number of rotatable bonds is 6. The molecule has 0 unspecified atom stereocenters. The normalized spacial score (nSPS) is 10.2. The fourth-order valence-corrected chi connectivity index (χ4v) is 2.39. The minimum atomic E-state index is -0.220. The van der Waals surface area contributed by atoms with Gasteiger partial charge in [-0.25, -0.2) is 4.79 Å². The Morgan fingerprint density at radius 2 is 1.78 bits per heavy atom. The molecule has 4 heteroatoms. The van der Waals surface area contributed by atoms with Gasteiger partial charge in [0.05, 0.1) is 0 Å². The number of hydrogen-bond donors (Lipinski definition) is 2. The van der Waals surface area contributed by atoms with Gasteiger partial charge in [-0.3, -0.25) is 0 Å². The van der Waals surface area contributed by atoms with Crippen LogP contribution in [-0.2, 0) is 6.42 Å². The predicted molar refractivity (Wildman–Crippen MR) is 92.8 cm³/mol. The van der Waals surface area contributed by atoms with Gasteiger partial charge >= 0.3 is 6.03 Å². The number of benzene rings is 2. The van der Waals surface area contributed by atoms with E-state index in [0.29, 0.717) is 6.54 Å². The summed E-state index contributed by atoms with van der Waals surface area (Å²) in [5.41, 5.74) is 4.70. The zero-order valence-electron chi connectivity index (χ0n) is 14.0. The zero-order valence-corrected chi connectivity index (χ0v) is 14.0. The molecule has 0 bridgehead atoms. The number of urea groups is 1. The van der Waals surface area contributed by atoms with Crippen LogP contribution in [0.4, 0.5) is 4.79 Å². The van der Waals surface area contributed by atoms with E-state index >= 15 is 0 Å². The minimum absolute atomic E-state index is 0.153. The first kappa shape index (κ1) is 16.9. The van der Waals surface area contributed by atoms with Gasteiger partial charge in [0.2, 0.25) is 0 Å². The number of aryl methyl sites for hydroxylation is 3. The van der Waals surface area contributed by atoms with Crippen molar-refractivity contribution in [3.63, 3.8) is 0 Å². The second-order valence-corrected chi connectivity index (χ2v) is 5.73. The number of carbonyl (C=O) groups excluding carboxylic acids is 1. The third-order valence-electron chi connectivity index (χ3n) is 3.57. The Kier molecular flexibility index (Phi) is 6.03. The summed E-state index contributed by atoms with van der Waals surface area (Å²) in [6.45, 7) is 6.84. The van der Waals surface area contributed by atoms with Gasteiger partial charge in [-0.2, -0.15) is 0 Å². The van der Waals surface area contributed by atoms with E-state index in [1.165, 1.54) is 16.7 Å². The first-order chi connectivity index (χ1) is 11.0. The van der Waals surface area contributed by atoms with Crippen molar-refractivity contribution < 1.29 is 9.53 Å². The molecule has 0 radical (unpaired) electrons. The Bertz CT molecular complexity index is 668. The quantitative estimate of drug-likeness (QED) is 0.802. The number of carbonyl (C=O) groups is 1.